The molecule has 1 atom stereocenters. The molecule has 1 aliphatic carbocycles. The zero-order chi connectivity index (χ0) is 21.5. The molecule has 0 radical (unpaired) electrons. The van der Waals surface area contributed by atoms with Crippen LogP contribution in [-0.4, -0.2) is 35.4 Å². The van der Waals surface area contributed by atoms with E-state index in [0.29, 0.717) is 17.3 Å². The van der Waals surface area contributed by atoms with Crippen LogP contribution in [0.4, 0.5) is 0 Å². The van der Waals surface area contributed by atoms with E-state index < -0.39 is 6.04 Å². The lowest BCUT2D eigenvalue weighted by Gasteiger charge is -2.29. The average molecular weight is 429 g/mol. The molecule has 1 fully saturated rings. The van der Waals surface area contributed by atoms with Gasteiger partial charge in [0.1, 0.15) is 11.8 Å². The molecular formula is C24H29ClN2O3. The van der Waals surface area contributed by atoms with E-state index in [-0.39, 0.29) is 24.5 Å². The minimum absolute atomic E-state index is 0.117. The molecule has 160 valence electrons. The zero-order valence-electron chi connectivity index (χ0n) is 17.6. The molecule has 0 spiro atoms. The fourth-order valence-corrected chi connectivity index (χ4v) is 3.81. The summed E-state index contributed by atoms with van der Waals surface area (Å²) in [5, 5.41) is 3.75. The average Bonchev–Trinajstić information content (AvgIpc) is 3.26. The quantitative estimate of drug-likeness (QED) is 0.673. The van der Waals surface area contributed by atoms with Crippen molar-refractivity contribution < 1.29 is 14.3 Å². The van der Waals surface area contributed by atoms with Gasteiger partial charge in [-0.25, -0.2) is 0 Å². The molecule has 0 unspecified atom stereocenters. The molecule has 0 aliphatic heterocycles. The maximum atomic E-state index is 13.1. The molecule has 30 heavy (non-hydrogen) atoms. The highest BCUT2D eigenvalue weighted by molar-refractivity contribution is 6.31. The van der Waals surface area contributed by atoms with Gasteiger partial charge < -0.3 is 15.0 Å². The fraction of sp³-hybridized carbons (Fsp3) is 0.417. The van der Waals surface area contributed by atoms with Gasteiger partial charge in [0.15, 0.2) is 6.61 Å². The SMILES string of the molecule is Cc1cc(OCC(=O)N(Cc2ccccc2)[C@@H](C)C(=O)NC2CCCC2)ccc1Cl. The third-order valence-corrected chi connectivity index (χ3v) is 5.98. The summed E-state index contributed by atoms with van der Waals surface area (Å²) in [7, 11) is 0. The topological polar surface area (TPSA) is 58.6 Å². The molecule has 0 aromatic heterocycles. The normalized spacial score (nSPS) is 14.9. The highest BCUT2D eigenvalue weighted by Crippen LogP contribution is 2.22. The summed E-state index contributed by atoms with van der Waals surface area (Å²) in [4.78, 5) is 27.5. The van der Waals surface area contributed by atoms with Gasteiger partial charge in [-0.05, 0) is 56.0 Å². The number of aryl methyl sites for hydroxylation is 1. The second-order valence-electron chi connectivity index (χ2n) is 7.87. The molecule has 0 saturated heterocycles. The van der Waals surface area contributed by atoms with Crippen molar-refractivity contribution in [3.05, 3.63) is 64.7 Å². The molecule has 1 N–H and O–H groups in total. The number of hydrogen-bond acceptors (Lipinski definition) is 3. The highest BCUT2D eigenvalue weighted by Gasteiger charge is 2.28. The van der Waals surface area contributed by atoms with Crippen LogP contribution in [0.2, 0.25) is 5.02 Å². The van der Waals surface area contributed by atoms with Crippen LogP contribution in [0, 0.1) is 6.92 Å². The van der Waals surface area contributed by atoms with E-state index in [0.717, 1.165) is 36.8 Å². The number of hydrogen-bond donors (Lipinski definition) is 1. The van der Waals surface area contributed by atoms with E-state index >= 15 is 0 Å². The van der Waals surface area contributed by atoms with Gasteiger partial charge in [-0.1, -0.05) is 54.8 Å². The van der Waals surface area contributed by atoms with Crippen LogP contribution in [0.25, 0.3) is 0 Å². The monoisotopic (exact) mass is 428 g/mol. The van der Waals surface area contributed by atoms with Crippen molar-refractivity contribution in [2.24, 2.45) is 0 Å². The van der Waals surface area contributed by atoms with Crippen molar-refractivity contribution in [2.75, 3.05) is 6.61 Å². The molecule has 5 nitrogen and oxygen atoms in total. The predicted molar refractivity (Wildman–Crippen MR) is 119 cm³/mol. The molecule has 2 aromatic rings. The lowest BCUT2D eigenvalue weighted by Crippen LogP contribution is -2.50. The number of carbonyl (C=O) groups excluding carboxylic acids is 2. The number of ether oxygens (including phenoxy) is 1. The first-order chi connectivity index (χ1) is 14.4. The number of benzene rings is 2. The number of rotatable bonds is 8. The van der Waals surface area contributed by atoms with Gasteiger partial charge in [-0.2, -0.15) is 0 Å². The van der Waals surface area contributed by atoms with Gasteiger partial charge in [0.05, 0.1) is 0 Å². The Kier molecular flexibility index (Phi) is 7.75. The molecule has 1 aliphatic rings. The molecule has 1 saturated carbocycles. The molecular weight excluding hydrogens is 400 g/mol. The number of carbonyl (C=O) groups is 2. The summed E-state index contributed by atoms with van der Waals surface area (Å²) < 4.78 is 5.70. The van der Waals surface area contributed by atoms with Crippen molar-refractivity contribution in [2.45, 2.75) is 58.2 Å². The first-order valence-electron chi connectivity index (χ1n) is 10.5. The van der Waals surface area contributed by atoms with E-state index in [1.165, 1.54) is 0 Å². The summed E-state index contributed by atoms with van der Waals surface area (Å²) in [5.74, 6) is 0.224. The van der Waals surface area contributed by atoms with Crippen LogP contribution >= 0.6 is 11.6 Å². The lowest BCUT2D eigenvalue weighted by atomic mass is 10.1. The Hall–Kier alpha value is -2.53. The lowest BCUT2D eigenvalue weighted by molar-refractivity contribution is -0.142. The van der Waals surface area contributed by atoms with Crippen molar-refractivity contribution in [3.8, 4) is 5.75 Å². The Morgan fingerprint density at radius 3 is 2.53 bits per heavy atom. The van der Waals surface area contributed by atoms with Crippen LogP contribution in [0.15, 0.2) is 48.5 Å². The van der Waals surface area contributed by atoms with E-state index in [4.69, 9.17) is 16.3 Å². The van der Waals surface area contributed by atoms with Crippen molar-refractivity contribution in [3.63, 3.8) is 0 Å². The van der Waals surface area contributed by atoms with Gasteiger partial charge in [0.2, 0.25) is 5.91 Å². The Labute approximate surface area is 183 Å². The smallest absolute Gasteiger partial charge is 0.261 e. The third kappa shape index (κ3) is 5.99. The van der Waals surface area contributed by atoms with E-state index in [1.807, 2.05) is 37.3 Å². The summed E-state index contributed by atoms with van der Waals surface area (Å²) in [6.07, 6.45) is 4.29. The second-order valence-corrected chi connectivity index (χ2v) is 8.28. The number of amides is 2. The van der Waals surface area contributed by atoms with Crippen LogP contribution in [0.5, 0.6) is 5.75 Å². The maximum absolute atomic E-state index is 13.1. The Balaban J connectivity index is 1.69. The van der Waals surface area contributed by atoms with Gasteiger partial charge >= 0.3 is 0 Å². The van der Waals surface area contributed by atoms with Gasteiger partial charge in [-0.15, -0.1) is 0 Å². The number of nitrogens with zero attached hydrogens (tertiary/aromatic N) is 1. The standard InChI is InChI=1S/C24H29ClN2O3/c1-17-14-21(12-13-22(17)25)30-16-23(28)27(15-19-8-4-3-5-9-19)18(2)24(29)26-20-10-6-7-11-20/h3-5,8-9,12-14,18,20H,6-7,10-11,15-16H2,1-2H3,(H,26,29)/t18-/m0/s1. The highest BCUT2D eigenvalue weighted by atomic mass is 35.5. The van der Waals surface area contributed by atoms with Gasteiger partial charge in [0.25, 0.3) is 5.91 Å². The first kappa shape index (κ1) is 22.2. The third-order valence-electron chi connectivity index (χ3n) is 5.56. The zero-order valence-corrected chi connectivity index (χ0v) is 18.3. The Bertz CT molecular complexity index is 866. The number of nitrogens with one attached hydrogen (secondary N) is 1. The summed E-state index contributed by atoms with van der Waals surface area (Å²) in [5.41, 5.74) is 1.85. The summed E-state index contributed by atoms with van der Waals surface area (Å²) in [6.45, 7) is 3.86. The number of halogens is 1. The second kappa shape index (κ2) is 10.5. The maximum Gasteiger partial charge on any atom is 0.261 e. The fourth-order valence-electron chi connectivity index (χ4n) is 3.69. The molecule has 3 rings (SSSR count). The van der Waals surface area contributed by atoms with E-state index in [2.05, 4.69) is 5.32 Å². The van der Waals surface area contributed by atoms with E-state index in [1.54, 1.807) is 30.0 Å². The largest absolute Gasteiger partial charge is 0.484 e. The minimum Gasteiger partial charge on any atom is -0.484 e. The predicted octanol–water partition coefficient (Wildman–Crippen LogP) is 4.50. The molecule has 0 heterocycles. The van der Waals surface area contributed by atoms with Crippen LogP contribution in [0.3, 0.4) is 0 Å². The minimum atomic E-state index is -0.589. The van der Waals surface area contributed by atoms with Gasteiger partial charge in [0, 0.05) is 17.6 Å². The van der Waals surface area contributed by atoms with Crippen LogP contribution in [-0.2, 0) is 16.1 Å². The Morgan fingerprint density at radius 1 is 1.17 bits per heavy atom. The summed E-state index contributed by atoms with van der Waals surface area (Å²) >= 11 is 6.06. The molecule has 2 aromatic carbocycles. The van der Waals surface area contributed by atoms with E-state index in [9.17, 15) is 9.59 Å². The van der Waals surface area contributed by atoms with Crippen molar-refractivity contribution in [1.82, 2.24) is 10.2 Å². The summed E-state index contributed by atoms with van der Waals surface area (Å²) in [6, 6.07) is 14.6. The Morgan fingerprint density at radius 2 is 1.87 bits per heavy atom. The van der Waals surface area contributed by atoms with Crippen molar-refractivity contribution in [1.29, 1.82) is 0 Å². The molecule has 2 amide bonds. The van der Waals surface area contributed by atoms with Gasteiger partial charge in [-0.3, -0.25) is 9.59 Å². The van der Waals surface area contributed by atoms with Crippen LogP contribution in [0.1, 0.15) is 43.7 Å². The van der Waals surface area contributed by atoms with Crippen LogP contribution < -0.4 is 10.1 Å². The first-order valence-corrected chi connectivity index (χ1v) is 10.8. The molecule has 0 bridgehead atoms. The molecule has 6 heteroatoms. The van der Waals surface area contributed by atoms with Crippen molar-refractivity contribution >= 4 is 23.4 Å².